The van der Waals surface area contributed by atoms with Gasteiger partial charge in [-0.15, -0.1) is 0 Å². The van der Waals surface area contributed by atoms with Gasteiger partial charge in [0.15, 0.2) is 0 Å². The van der Waals surface area contributed by atoms with Gasteiger partial charge in [-0.25, -0.2) is 0 Å². The Morgan fingerprint density at radius 1 is 0.720 bits per heavy atom. The van der Waals surface area contributed by atoms with Crippen LogP contribution in [0.25, 0.3) is 0 Å². The van der Waals surface area contributed by atoms with Crippen LogP contribution in [0.2, 0.25) is 0 Å². The van der Waals surface area contributed by atoms with E-state index in [2.05, 4.69) is 11.8 Å². The van der Waals surface area contributed by atoms with Gasteiger partial charge in [-0.05, 0) is 23.3 Å². The van der Waals surface area contributed by atoms with Crippen molar-refractivity contribution in [3.8, 4) is 11.8 Å². The summed E-state index contributed by atoms with van der Waals surface area (Å²) in [6.45, 7) is 0.866. The second-order valence-corrected chi connectivity index (χ2v) is 6.24. The summed E-state index contributed by atoms with van der Waals surface area (Å²) in [5.74, 6) is 6.08. The second kappa shape index (κ2) is 7.23. The Hall–Kier alpha value is -3.06. The Morgan fingerprint density at radius 2 is 1.12 bits per heavy atom. The normalized spacial score (nSPS) is 15.1. The lowest BCUT2D eigenvalue weighted by Crippen LogP contribution is -2.34. The molecule has 1 heterocycles. The van der Waals surface area contributed by atoms with Crippen molar-refractivity contribution in [2.24, 2.45) is 0 Å². The van der Waals surface area contributed by atoms with Crippen molar-refractivity contribution in [3.05, 3.63) is 70.8 Å². The predicted molar refractivity (Wildman–Crippen MR) is 96.4 cm³/mol. The molecule has 2 amide bonds. The van der Waals surface area contributed by atoms with Crippen LogP contribution in [0.5, 0.6) is 0 Å². The number of fused-ring (bicyclic) bond motifs is 2. The molecule has 2 aromatic rings. The molecule has 0 aromatic heterocycles. The van der Waals surface area contributed by atoms with Gasteiger partial charge >= 0.3 is 0 Å². The van der Waals surface area contributed by atoms with Gasteiger partial charge in [0.25, 0.3) is 0 Å². The molecule has 0 spiro atoms. The number of hydrogen-bond acceptors (Lipinski definition) is 2. The third-order valence-electron chi connectivity index (χ3n) is 4.34. The summed E-state index contributed by atoms with van der Waals surface area (Å²) >= 11 is 0. The Labute approximate surface area is 148 Å². The molecule has 0 atom stereocenters. The minimum absolute atomic E-state index is 0.127. The summed E-state index contributed by atoms with van der Waals surface area (Å²) in [6, 6.07) is 15.6. The van der Waals surface area contributed by atoms with E-state index in [-0.39, 0.29) is 18.2 Å². The zero-order valence-electron chi connectivity index (χ0n) is 14.5. The third-order valence-corrected chi connectivity index (χ3v) is 4.34. The van der Waals surface area contributed by atoms with E-state index in [0.717, 1.165) is 22.3 Å². The first kappa shape index (κ1) is 16.8. The van der Waals surface area contributed by atoms with Crippen LogP contribution in [0.15, 0.2) is 48.5 Å². The maximum absolute atomic E-state index is 12.4. The number of amides is 2. The largest absolute Gasteiger partial charge is 0.341 e. The van der Waals surface area contributed by atoms with Crippen LogP contribution in [0, 0.1) is 11.8 Å². The minimum atomic E-state index is -0.188. The zero-order chi connectivity index (χ0) is 17.8. The van der Waals surface area contributed by atoms with Gasteiger partial charge in [-0.1, -0.05) is 48.2 Å². The van der Waals surface area contributed by atoms with Gasteiger partial charge in [0.2, 0.25) is 11.8 Å². The topological polar surface area (TPSA) is 40.6 Å². The molecule has 0 saturated carbocycles. The van der Waals surface area contributed by atoms with E-state index < -0.39 is 0 Å². The number of carbonyl (C=O) groups is 2. The highest BCUT2D eigenvalue weighted by Crippen LogP contribution is 2.15. The Bertz CT molecular complexity index is 807. The summed E-state index contributed by atoms with van der Waals surface area (Å²) in [5, 5.41) is 0. The zero-order valence-corrected chi connectivity index (χ0v) is 14.5. The summed E-state index contributed by atoms with van der Waals surface area (Å²) in [6.07, 6.45) is -0.127. The molecule has 0 bridgehead atoms. The SMILES string of the molecule is CN1Cc2ccccc2C#Cc2ccccc2CN(C)C(=O)CC1=O. The maximum Gasteiger partial charge on any atom is 0.232 e. The van der Waals surface area contributed by atoms with E-state index in [9.17, 15) is 9.59 Å². The van der Waals surface area contributed by atoms with Crippen molar-refractivity contribution in [2.45, 2.75) is 19.5 Å². The number of carbonyl (C=O) groups excluding carboxylic acids is 2. The molecule has 1 aliphatic heterocycles. The first-order valence-corrected chi connectivity index (χ1v) is 8.20. The summed E-state index contributed by atoms with van der Waals surface area (Å²) in [7, 11) is 3.43. The molecule has 0 fully saturated rings. The molecule has 0 saturated heterocycles. The summed E-state index contributed by atoms with van der Waals surface area (Å²) in [4.78, 5) is 27.9. The lowest BCUT2D eigenvalue weighted by molar-refractivity contribution is -0.139. The van der Waals surface area contributed by atoms with E-state index in [1.54, 1.807) is 23.9 Å². The third kappa shape index (κ3) is 3.89. The van der Waals surface area contributed by atoms with Gasteiger partial charge in [0, 0.05) is 38.3 Å². The summed E-state index contributed by atoms with van der Waals surface area (Å²) < 4.78 is 0. The predicted octanol–water partition coefficient (Wildman–Crippen LogP) is 2.41. The second-order valence-electron chi connectivity index (χ2n) is 6.24. The smallest absolute Gasteiger partial charge is 0.232 e. The molecule has 0 unspecified atom stereocenters. The molecule has 126 valence electrons. The fraction of sp³-hybridized carbons (Fsp3) is 0.238. The van der Waals surface area contributed by atoms with E-state index >= 15 is 0 Å². The van der Waals surface area contributed by atoms with Crippen LogP contribution in [-0.4, -0.2) is 35.7 Å². The highest BCUT2D eigenvalue weighted by molar-refractivity contribution is 5.96. The fourth-order valence-corrected chi connectivity index (χ4v) is 2.78. The first-order chi connectivity index (χ1) is 12.0. The Morgan fingerprint density at radius 3 is 1.56 bits per heavy atom. The highest BCUT2D eigenvalue weighted by atomic mass is 16.2. The van der Waals surface area contributed by atoms with Crippen molar-refractivity contribution < 1.29 is 9.59 Å². The Balaban J connectivity index is 2.08. The highest BCUT2D eigenvalue weighted by Gasteiger charge is 2.19. The lowest BCUT2D eigenvalue weighted by atomic mass is 10.0. The van der Waals surface area contributed by atoms with Gasteiger partial charge in [-0.2, -0.15) is 0 Å². The lowest BCUT2D eigenvalue weighted by Gasteiger charge is -2.21. The van der Waals surface area contributed by atoms with Crippen LogP contribution in [0.1, 0.15) is 28.7 Å². The van der Waals surface area contributed by atoms with E-state index in [4.69, 9.17) is 0 Å². The molecule has 4 nitrogen and oxygen atoms in total. The van der Waals surface area contributed by atoms with Crippen LogP contribution >= 0.6 is 0 Å². The molecule has 2 aromatic carbocycles. The summed E-state index contributed by atoms with van der Waals surface area (Å²) in [5.41, 5.74) is 3.75. The number of benzene rings is 2. The average Bonchev–Trinajstić information content (AvgIpc) is 2.61. The van der Waals surface area contributed by atoms with Gasteiger partial charge in [0.1, 0.15) is 6.42 Å². The van der Waals surface area contributed by atoms with Crippen molar-refractivity contribution in [1.29, 1.82) is 0 Å². The Kier molecular flexibility index (Phi) is 4.85. The molecule has 0 aliphatic carbocycles. The fourth-order valence-electron chi connectivity index (χ4n) is 2.78. The molecular formula is C21H20N2O2. The van der Waals surface area contributed by atoms with Crippen LogP contribution in [0.4, 0.5) is 0 Å². The molecule has 0 radical (unpaired) electrons. The molecule has 0 N–H and O–H groups in total. The molecular weight excluding hydrogens is 312 g/mol. The number of nitrogens with zero attached hydrogens (tertiary/aromatic N) is 2. The molecule has 3 rings (SSSR count). The van der Waals surface area contributed by atoms with Crippen LogP contribution in [-0.2, 0) is 22.7 Å². The van der Waals surface area contributed by atoms with Crippen molar-refractivity contribution in [2.75, 3.05) is 14.1 Å². The van der Waals surface area contributed by atoms with E-state index in [0.29, 0.717) is 13.1 Å². The number of rotatable bonds is 0. The van der Waals surface area contributed by atoms with Crippen molar-refractivity contribution >= 4 is 11.8 Å². The van der Waals surface area contributed by atoms with Crippen molar-refractivity contribution in [3.63, 3.8) is 0 Å². The molecule has 4 heteroatoms. The standard InChI is InChI=1S/C21H20N2O2/c1-22-14-18-9-5-3-7-16(18)11-12-17-8-4-6-10-19(17)15-23(2)21(25)13-20(22)24/h3-10H,13-15H2,1-2H3. The molecule has 25 heavy (non-hydrogen) atoms. The van der Waals surface area contributed by atoms with Gasteiger partial charge in [0.05, 0.1) is 0 Å². The number of hydrogen-bond donors (Lipinski definition) is 0. The van der Waals surface area contributed by atoms with E-state index in [1.165, 1.54) is 0 Å². The van der Waals surface area contributed by atoms with Crippen LogP contribution in [0.3, 0.4) is 0 Å². The minimum Gasteiger partial charge on any atom is -0.341 e. The van der Waals surface area contributed by atoms with E-state index in [1.807, 2.05) is 48.5 Å². The molecule has 1 aliphatic rings. The average molecular weight is 332 g/mol. The monoisotopic (exact) mass is 332 g/mol. The quantitative estimate of drug-likeness (QED) is 0.549. The van der Waals surface area contributed by atoms with Crippen molar-refractivity contribution in [1.82, 2.24) is 9.80 Å². The first-order valence-electron chi connectivity index (χ1n) is 8.20. The van der Waals surface area contributed by atoms with Gasteiger partial charge in [-0.3, -0.25) is 9.59 Å². The maximum atomic E-state index is 12.4. The van der Waals surface area contributed by atoms with Crippen LogP contribution < -0.4 is 0 Å². The van der Waals surface area contributed by atoms with Gasteiger partial charge < -0.3 is 9.80 Å².